The van der Waals surface area contributed by atoms with Crippen LogP contribution in [0.15, 0.2) is 18.2 Å². The van der Waals surface area contributed by atoms with Crippen LogP contribution in [0.25, 0.3) is 0 Å². The molecule has 78 valence electrons. The quantitative estimate of drug-likeness (QED) is 0.769. The number of hydrogen-bond acceptors (Lipinski definition) is 2. The van der Waals surface area contributed by atoms with Crippen LogP contribution in [-0.2, 0) is 6.42 Å². The Balaban J connectivity index is 2.63. The van der Waals surface area contributed by atoms with E-state index in [9.17, 15) is 8.78 Å². The first-order valence-corrected chi connectivity index (χ1v) is 4.44. The third-order valence-corrected chi connectivity index (χ3v) is 1.98. The van der Waals surface area contributed by atoms with Gasteiger partial charge in [-0.25, -0.2) is 8.78 Å². The van der Waals surface area contributed by atoms with Gasteiger partial charge in [0.15, 0.2) is 11.6 Å². The molecule has 14 heavy (non-hydrogen) atoms. The van der Waals surface area contributed by atoms with Crippen molar-refractivity contribution in [3.8, 4) is 0 Å². The van der Waals surface area contributed by atoms with Crippen molar-refractivity contribution >= 4 is 0 Å². The Bertz CT molecular complexity index is 304. The van der Waals surface area contributed by atoms with E-state index in [2.05, 4.69) is 0 Å². The van der Waals surface area contributed by atoms with E-state index in [1.165, 1.54) is 6.07 Å². The molecule has 0 aliphatic rings. The molecule has 0 heterocycles. The average Bonchev–Trinajstić information content (AvgIpc) is 2.12. The number of halogens is 2. The molecule has 0 aliphatic carbocycles. The highest BCUT2D eigenvalue weighted by Crippen LogP contribution is 2.10. The van der Waals surface area contributed by atoms with Crippen molar-refractivity contribution < 1.29 is 13.9 Å². The van der Waals surface area contributed by atoms with Gasteiger partial charge >= 0.3 is 0 Å². The third kappa shape index (κ3) is 3.05. The molecule has 1 rings (SSSR count). The second-order valence-electron chi connectivity index (χ2n) is 3.22. The van der Waals surface area contributed by atoms with E-state index in [4.69, 9.17) is 10.8 Å². The van der Waals surface area contributed by atoms with Gasteiger partial charge in [0.25, 0.3) is 0 Å². The van der Waals surface area contributed by atoms with Gasteiger partial charge in [0.1, 0.15) is 0 Å². The number of hydrogen-bond donors (Lipinski definition) is 2. The van der Waals surface area contributed by atoms with Crippen LogP contribution in [0.3, 0.4) is 0 Å². The number of aliphatic hydroxyl groups is 1. The van der Waals surface area contributed by atoms with Gasteiger partial charge in [0, 0.05) is 12.6 Å². The summed E-state index contributed by atoms with van der Waals surface area (Å²) in [7, 11) is 0. The van der Waals surface area contributed by atoms with Gasteiger partial charge in [0.2, 0.25) is 0 Å². The van der Waals surface area contributed by atoms with Crippen LogP contribution in [0, 0.1) is 11.6 Å². The fraction of sp³-hybridized carbons (Fsp3) is 0.400. The smallest absolute Gasteiger partial charge is 0.159 e. The minimum atomic E-state index is -0.862. The van der Waals surface area contributed by atoms with Crippen LogP contribution in [0.2, 0.25) is 0 Å². The largest absolute Gasteiger partial charge is 0.396 e. The number of benzene rings is 1. The zero-order valence-electron chi connectivity index (χ0n) is 7.71. The maximum Gasteiger partial charge on any atom is 0.159 e. The van der Waals surface area contributed by atoms with Crippen molar-refractivity contribution in [2.24, 2.45) is 5.73 Å². The van der Waals surface area contributed by atoms with Gasteiger partial charge in [-0.3, -0.25) is 0 Å². The fourth-order valence-corrected chi connectivity index (χ4v) is 1.24. The van der Waals surface area contributed by atoms with E-state index >= 15 is 0 Å². The summed E-state index contributed by atoms with van der Waals surface area (Å²) in [5.74, 6) is -1.72. The molecule has 0 aliphatic heterocycles. The van der Waals surface area contributed by atoms with Crippen LogP contribution in [0.4, 0.5) is 8.78 Å². The van der Waals surface area contributed by atoms with Crippen molar-refractivity contribution in [1.29, 1.82) is 0 Å². The summed E-state index contributed by atoms with van der Waals surface area (Å²) in [5.41, 5.74) is 6.27. The van der Waals surface area contributed by atoms with Crippen LogP contribution in [-0.4, -0.2) is 17.8 Å². The van der Waals surface area contributed by atoms with Gasteiger partial charge < -0.3 is 10.8 Å². The Kier molecular flexibility index (Phi) is 3.98. The summed E-state index contributed by atoms with van der Waals surface area (Å²) in [6.07, 6.45) is 0.900. The molecule has 0 amide bonds. The highest BCUT2D eigenvalue weighted by Gasteiger charge is 2.06. The molecule has 0 radical (unpaired) electrons. The lowest BCUT2D eigenvalue weighted by atomic mass is 10.0. The van der Waals surface area contributed by atoms with E-state index in [0.717, 1.165) is 12.1 Å². The molecule has 0 fully saturated rings. The van der Waals surface area contributed by atoms with Crippen molar-refractivity contribution in [2.75, 3.05) is 6.61 Å². The molecule has 2 nitrogen and oxygen atoms in total. The zero-order chi connectivity index (χ0) is 10.6. The molecule has 0 aromatic heterocycles. The first kappa shape index (κ1) is 11.1. The molecule has 3 N–H and O–H groups in total. The molecule has 1 atom stereocenters. The summed E-state index contributed by atoms with van der Waals surface area (Å²) < 4.78 is 25.3. The maximum absolute atomic E-state index is 12.8. The second kappa shape index (κ2) is 5.02. The summed E-state index contributed by atoms with van der Waals surface area (Å²) in [6.45, 7) is 0.00481. The van der Waals surface area contributed by atoms with Gasteiger partial charge in [-0.05, 0) is 30.5 Å². The molecular weight excluding hydrogens is 188 g/mol. The SMILES string of the molecule is NC(CCO)Cc1ccc(F)c(F)c1. The van der Waals surface area contributed by atoms with Crippen molar-refractivity contribution in [3.05, 3.63) is 35.4 Å². The lowest BCUT2D eigenvalue weighted by Gasteiger charge is -2.09. The predicted molar refractivity (Wildman–Crippen MR) is 49.7 cm³/mol. The standard InChI is InChI=1S/C10H13F2NO/c11-9-2-1-7(6-10(9)12)5-8(13)3-4-14/h1-2,6,8,14H,3-5,13H2. The maximum atomic E-state index is 12.8. The van der Waals surface area contributed by atoms with Crippen LogP contribution >= 0.6 is 0 Å². The summed E-state index contributed by atoms with van der Waals surface area (Å²) in [6, 6.07) is 3.49. The molecular formula is C10H13F2NO. The van der Waals surface area contributed by atoms with Gasteiger partial charge in [0.05, 0.1) is 0 Å². The highest BCUT2D eigenvalue weighted by atomic mass is 19.2. The van der Waals surface area contributed by atoms with Crippen LogP contribution in [0.5, 0.6) is 0 Å². The average molecular weight is 201 g/mol. The Morgan fingerprint density at radius 3 is 2.57 bits per heavy atom. The van der Waals surface area contributed by atoms with Crippen LogP contribution in [0.1, 0.15) is 12.0 Å². The van der Waals surface area contributed by atoms with E-state index in [0.29, 0.717) is 18.4 Å². The molecule has 0 saturated heterocycles. The Hall–Kier alpha value is -1.00. The fourth-order valence-electron chi connectivity index (χ4n) is 1.24. The highest BCUT2D eigenvalue weighted by molar-refractivity contribution is 5.18. The molecule has 1 aromatic rings. The molecule has 1 aromatic carbocycles. The Labute approximate surface area is 81.4 Å². The number of nitrogens with two attached hydrogens (primary N) is 1. The minimum Gasteiger partial charge on any atom is -0.396 e. The van der Waals surface area contributed by atoms with E-state index in [1.54, 1.807) is 0 Å². The minimum absolute atomic E-state index is 0.00481. The Morgan fingerprint density at radius 2 is 2.00 bits per heavy atom. The second-order valence-corrected chi connectivity index (χ2v) is 3.22. The summed E-state index contributed by atoms with van der Waals surface area (Å²) >= 11 is 0. The van der Waals surface area contributed by atoms with Gasteiger partial charge in [-0.15, -0.1) is 0 Å². The van der Waals surface area contributed by atoms with E-state index < -0.39 is 11.6 Å². The predicted octanol–water partition coefficient (Wildman–Crippen LogP) is 1.22. The molecule has 1 unspecified atom stereocenters. The van der Waals surface area contributed by atoms with Crippen LogP contribution < -0.4 is 5.73 Å². The zero-order valence-corrected chi connectivity index (χ0v) is 7.71. The van der Waals surface area contributed by atoms with Crippen molar-refractivity contribution in [2.45, 2.75) is 18.9 Å². The lowest BCUT2D eigenvalue weighted by Crippen LogP contribution is -2.24. The van der Waals surface area contributed by atoms with Crippen molar-refractivity contribution in [3.63, 3.8) is 0 Å². The van der Waals surface area contributed by atoms with E-state index in [1.807, 2.05) is 0 Å². The van der Waals surface area contributed by atoms with E-state index in [-0.39, 0.29) is 12.6 Å². The number of rotatable bonds is 4. The lowest BCUT2D eigenvalue weighted by molar-refractivity contribution is 0.275. The Morgan fingerprint density at radius 1 is 1.29 bits per heavy atom. The van der Waals surface area contributed by atoms with Crippen molar-refractivity contribution in [1.82, 2.24) is 0 Å². The number of aliphatic hydroxyl groups excluding tert-OH is 1. The first-order chi connectivity index (χ1) is 6.63. The molecule has 0 saturated carbocycles. The first-order valence-electron chi connectivity index (χ1n) is 4.44. The van der Waals surface area contributed by atoms with Gasteiger partial charge in [-0.1, -0.05) is 6.07 Å². The molecule has 0 spiro atoms. The summed E-state index contributed by atoms with van der Waals surface area (Å²) in [4.78, 5) is 0. The topological polar surface area (TPSA) is 46.2 Å². The normalized spacial score (nSPS) is 12.9. The third-order valence-electron chi connectivity index (χ3n) is 1.98. The molecule has 0 bridgehead atoms. The van der Waals surface area contributed by atoms with Gasteiger partial charge in [-0.2, -0.15) is 0 Å². The summed E-state index contributed by atoms with van der Waals surface area (Å²) in [5, 5.41) is 8.60. The molecule has 4 heteroatoms. The monoisotopic (exact) mass is 201 g/mol.